The molecule has 0 bridgehead atoms. The SMILES string of the molecule is CN=C(NCC1(O)CCSC1)NC1CCCN(c2ccccc2Cl)C1.I. The average molecular weight is 511 g/mol. The van der Waals surface area contributed by atoms with Gasteiger partial charge < -0.3 is 20.6 Å². The molecule has 5 nitrogen and oxygen atoms in total. The Morgan fingerprint density at radius 3 is 2.96 bits per heavy atom. The van der Waals surface area contributed by atoms with Crippen molar-refractivity contribution in [3.8, 4) is 0 Å². The van der Waals surface area contributed by atoms with Crippen LogP contribution in [-0.4, -0.2) is 60.9 Å². The van der Waals surface area contributed by atoms with Gasteiger partial charge in [-0.3, -0.25) is 4.99 Å². The summed E-state index contributed by atoms with van der Waals surface area (Å²) in [7, 11) is 1.78. The Kier molecular flexibility index (Phi) is 8.63. The van der Waals surface area contributed by atoms with Gasteiger partial charge in [0.2, 0.25) is 0 Å². The van der Waals surface area contributed by atoms with Crippen molar-refractivity contribution < 1.29 is 5.11 Å². The maximum absolute atomic E-state index is 10.5. The second kappa shape index (κ2) is 10.2. The molecule has 0 radical (unpaired) electrons. The van der Waals surface area contributed by atoms with Gasteiger partial charge in [0.25, 0.3) is 0 Å². The standard InChI is InChI=1S/C18H27ClN4OS.HI/c1-20-17(21-12-18(24)8-10-25-13-18)22-14-5-4-9-23(11-14)16-7-3-2-6-15(16)19;/h2-3,6-7,14,24H,4-5,8-13H2,1H3,(H2,20,21,22);1H. The Bertz CT molecular complexity index is 613. The van der Waals surface area contributed by atoms with Crippen LogP contribution in [0.2, 0.25) is 5.02 Å². The Morgan fingerprint density at radius 1 is 1.46 bits per heavy atom. The van der Waals surface area contributed by atoms with Crippen LogP contribution in [0.5, 0.6) is 0 Å². The van der Waals surface area contributed by atoms with Crippen molar-refractivity contribution in [2.24, 2.45) is 4.99 Å². The maximum Gasteiger partial charge on any atom is 0.191 e. The highest BCUT2D eigenvalue weighted by Crippen LogP contribution is 2.28. The molecular weight excluding hydrogens is 483 g/mol. The van der Waals surface area contributed by atoms with Gasteiger partial charge >= 0.3 is 0 Å². The van der Waals surface area contributed by atoms with Crippen LogP contribution in [-0.2, 0) is 0 Å². The smallest absolute Gasteiger partial charge is 0.191 e. The predicted octanol–water partition coefficient (Wildman–Crippen LogP) is 2.96. The van der Waals surface area contributed by atoms with Crippen LogP contribution in [0.1, 0.15) is 19.3 Å². The van der Waals surface area contributed by atoms with E-state index in [2.05, 4.69) is 26.6 Å². The molecule has 3 rings (SSSR count). The van der Waals surface area contributed by atoms with E-state index in [1.165, 1.54) is 0 Å². The van der Waals surface area contributed by atoms with Crippen LogP contribution in [0.25, 0.3) is 0 Å². The van der Waals surface area contributed by atoms with Gasteiger partial charge in [-0.25, -0.2) is 0 Å². The third-order valence-electron chi connectivity index (χ3n) is 4.85. The van der Waals surface area contributed by atoms with Gasteiger partial charge in [-0.15, -0.1) is 24.0 Å². The van der Waals surface area contributed by atoms with Crippen LogP contribution < -0.4 is 15.5 Å². The van der Waals surface area contributed by atoms with Gasteiger partial charge in [0.15, 0.2) is 5.96 Å². The van der Waals surface area contributed by atoms with Gasteiger partial charge in [0, 0.05) is 38.5 Å². The number of benzene rings is 1. The molecule has 2 unspecified atom stereocenters. The van der Waals surface area contributed by atoms with E-state index < -0.39 is 5.60 Å². The van der Waals surface area contributed by atoms with E-state index in [0.717, 1.165) is 60.5 Å². The van der Waals surface area contributed by atoms with E-state index in [-0.39, 0.29) is 24.0 Å². The summed E-state index contributed by atoms with van der Waals surface area (Å²) < 4.78 is 0. The summed E-state index contributed by atoms with van der Waals surface area (Å²) in [5.41, 5.74) is 0.481. The van der Waals surface area contributed by atoms with E-state index >= 15 is 0 Å². The summed E-state index contributed by atoms with van der Waals surface area (Å²) in [5.74, 6) is 2.58. The number of rotatable bonds is 4. The van der Waals surface area contributed by atoms with Gasteiger partial charge in [-0.2, -0.15) is 11.8 Å². The van der Waals surface area contributed by atoms with Crippen LogP contribution in [0.15, 0.2) is 29.3 Å². The lowest BCUT2D eigenvalue weighted by molar-refractivity contribution is 0.0723. The maximum atomic E-state index is 10.5. The molecule has 0 spiro atoms. The second-order valence-corrected chi connectivity index (χ2v) is 8.35. The number of piperidine rings is 1. The van der Waals surface area contributed by atoms with E-state index in [9.17, 15) is 5.11 Å². The number of guanidine groups is 1. The third kappa shape index (κ3) is 5.81. The number of hydrogen-bond acceptors (Lipinski definition) is 4. The number of hydrogen-bond donors (Lipinski definition) is 3. The fourth-order valence-electron chi connectivity index (χ4n) is 3.39. The summed E-state index contributed by atoms with van der Waals surface area (Å²) in [6.45, 7) is 2.45. The molecule has 2 heterocycles. The lowest BCUT2D eigenvalue weighted by Crippen LogP contribution is -2.53. The number of aliphatic imine (C=N–C) groups is 1. The molecule has 2 fully saturated rings. The summed E-state index contributed by atoms with van der Waals surface area (Å²) in [4.78, 5) is 6.65. The topological polar surface area (TPSA) is 59.9 Å². The highest BCUT2D eigenvalue weighted by atomic mass is 127. The quantitative estimate of drug-likeness (QED) is 0.330. The molecule has 3 N–H and O–H groups in total. The first kappa shape index (κ1) is 21.9. The molecule has 146 valence electrons. The van der Waals surface area contributed by atoms with E-state index in [1.54, 1.807) is 18.8 Å². The zero-order chi connectivity index (χ0) is 17.7. The molecule has 0 amide bonds. The highest BCUT2D eigenvalue weighted by Gasteiger charge is 2.32. The zero-order valence-corrected chi connectivity index (χ0v) is 19.0. The molecule has 2 saturated heterocycles. The number of nitrogens with one attached hydrogen (secondary N) is 2. The fourth-order valence-corrected chi connectivity index (χ4v) is 4.94. The largest absolute Gasteiger partial charge is 0.387 e. The number of nitrogens with zero attached hydrogens (tertiary/aromatic N) is 2. The molecule has 8 heteroatoms. The van der Waals surface area contributed by atoms with Crippen molar-refractivity contribution in [3.63, 3.8) is 0 Å². The van der Waals surface area contributed by atoms with Gasteiger partial charge in [0.05, 0.1) is 16.3 Å². The minimum Gasteiger partial charge on any atom is -0.387 e. The lowest BCUT2D eigenvalue weighted by atomic mass is 10.0. The van der Waals surface area contributed by atoms with Crippen molar-refractivity contribution in [1.29, 1.82) is 0 Å². The Morgan fingerprint density at radius 2 is 2.27 bits per heavy atom. The normalized spacial score (nSPS) is 26.3. The van der Waals surface area contributed by atoms with E-state index in [4.69, 9.17) is 11.6 Å². The van der Waals surface area contributed by atoms with Crippen molar-refractivity contribution in [2.45, 2.75) is 30.9 Å². The first-order valence-corrected chi connectivity index (χ1v) is 10.4. The number of anilines is 1. The first-order chi connectivity index (χ1) is 12.1. The molecule has 0 saturated carbocycles. The van der Waals surface area contributed by atoms with Gasteiger partial charge in [0.1, 0.15) is 0 Å². The third-order valence-corrected chi connectivity index (χ3v) is 6.40. The number of aliphatic hydroxyl groups is 1. The van der Waals surface area contributed by atoms with Crippen LogP contribution >= 0.6 is 47.3 Å². The van der Waals surface area contributed by atoms with Gasteiger partial charge in [-0.05, 0) is 37.1 Å². The van der Waals surface area contributed by atoms with Crippen LogP contribution in [0, 0.1) is 0 Å². The van der Waals surface area contributed by atoms with E-state index in [1.807, 2.05) is 18.2 Å². The average Bonchev–Trinajstić information content (AvgIpc) is 3.06. The highest BCUT2D eigenvalue weighted by molar-refractivity contribution is 14.0. The van der Waals surface area contributed by atoms with Crippen molar-refractivity contribution in [3.05, 3.63) is 29.3 Å². The monoisotopic (exact) mass is 510 g/mol. The Labute approximate surface area is 182 Å². The van der Waals surface area contributed by atoms with Crippen molar-refractivity contribution in [1.82, 2.24) is 10.6 Å². The number of thioether (sulfide) groups is 1. The molecule has 1 aromatic rings. The van der Waals surface area contributed by atoms with E-state index in [0.29, 0.717) is 12.6 Å². The molecule has 2 aliphatic heterocycles. The number of para-hydroxylation sites is 1. The Hall–Kier alpha value is -0.380. The molecule has 26 heavy (non-hydrogen) atoms. The zero-order valence-electron chi connectivity index (χ0n) is 15.1. The lowest BCUT2D eigenvalue weighted by Gasteiger charge is -2.36. The molecule has 0 aliphatic carbocycles. The first-order valence-electron chi connectivity index (χ1n) is 8.86. The van der Waals surface area contributed by atoms with Crippen molar-refractivity contribution in [2.75, 3.05) is 43.1 Å². The molecular formula is C18H28ClIN4OS. The summed E-state index contributed by atoms with van der Waals surface area (Å²) in [6, 6.07) is 8.31. The van der Waals surface area contributed by atoms with Crippen LogP contribution in [0.4, 0.5) is 5.69 Å². The minimum atomic E-state index is -0.613. The molecule has 2 atom stereocenters. The second-order valence-electron chi connectivity index (χ2n) is 6.83. The Balaban J connectivity index is 0.00000243. The fraction of sp³-hybridized carbons (Fsp3) is 0.611. The van der Waals surface area contributed by atoms with Crippen LogP contribution in [0.3, 0.4) is 0 Å². The minimum absolute atomic E-state index is 0. The summed E-state index contributed by atoms with van der Waals surface area (Å²) >= 11 is 8.15. The number of halogens is 2. The molecule has 2 aliphatic rings. The summed E-state index contributed by atoms with van der Waals surface area (Å²) in [6.07, 6.45) is 3.05. The molecule has 0 aromatic heterocycles. The molecule has 1 aromatic carbocycles. The summed E-state index contributed by atoms with van der Waals surface area (Å²) in [5, 5.41) is 18.1. The van der Waals surface area contributed by atoms with Crippen molar-refractivity contribution >= 4 is 59.0 Å². The predicted molar refractivity (Wildman–Crippen MR) is 123 cm³/mol. The van der Waals surface area contributed by atoms with Gasteiger partial charge in [-0.1, -0.05) is 23.7 Å².